The van der Waals surface area contributed by atoms with E-state index in [1.165, 1.54) is 19.3 Å². The van der Waals surface area contributed by atoms with Gasteiger partial charge in [-0.15, -0.1) is 13.2 Å². The van der Waals surface area contributed by atoms with Crippen molar-refractivity contribution in [1.82, 2.24) is 10.3 Å². The van der Waals surface area contributed by atoms with Gasteiger partial charge in [-0.05, 0) is 51.0 Å². The predicted octanol–water partition coefficient (Wildman–Crippen LogP) is 5.12. The van der Waals surface area contributed by atoms with Gasteiger partial charge in [-0.25, -0.2) is 9.59 Å². The van der Waals surface area contributed by atoms with Crippen LogP contribution in [0.3, 0.4) is 0 Å². The Morgan fingerprint density at radius 3 is 2.38 bits per heavy atom. The van der Waals surface area contributed by atoms with E-state index in [0.717, 1.165) is 0 Å². The number of methoxy groups -OCH3 is 1. The Hall–Kier alpha value is -4.34. The molecule has 0 aliphatic carbocycles. The number of aromatic nitrogens is 1. The van der Waals surface area contributed by atoms with Gasteiger partial charge < -0.3 is 25.1 Å². The molecule has 2 aromatic rings. The van der Waals surface area contributed by atoms with Crippen molar-refractivity contribution < 1.29 is 23.9 Å². The molecule has 0 aliphatic heterocycles. The fourth-order valence-corrected chi connectivity index (χ4v) is 3.29. The van der Waals surface area contributed by atoms with E-state index in [1.807, 2.05) is 0 Å². The Bertz CT molecular complexity index is 1230. The Balaban J connectivity index is 2.55. The zero-order chi connectivity index (χ0) is 27.8. The van der Waals surface area contributed by atoms with E-state index in [-0.39, 0.29) is 5.91 Å². The van der Waals surface area contributed by atoms with E-state index < -0.39 is 35.3 Å². The molecule has 0 saturated heterocycles. The van der Waals surface area contributed by atoms with Crippen LogP contribution in [0.4, 0.5) is 21.0 Å². The molecule has 198 valence electrons. The quantitative estimate of drug-likeness (QED) is 0.345. The first kappa shape index (κ1) is 28.9. The van der Waals surface area contributed by atoms with Crippen LogP contribution in [0.15, 0.2) is 60.4 Å². The molecule has 2 rings (SSSR count). The van der Waals surface area contributed by atoms with Crippen molar-refractivity contribution >= 4 is 29.5 Å². The molecule has 1 aromatic heterocycles. The molecule has 10 nitrogen and oxygen atoms in total. The first-order valence-corrected chi connectivity index (χ1v) is 11.6. The van der Waals surface area contributed by atoms with Crippen LogP contribution < -0.4 is 21.5 Å². The van der Waals surface area contributed by atoms with Crippen molar-refractivity contribution in [2.24, 2.45) is 5.92 Å². The molecule has 4 N–H and O–H groups in total. The minimum atomic E-state index is -0.701. The number of hydrogen-bond acceptors (Lipinski definition) is 6. The number of carbonyl (C=O) groups is 3. The monoisotopic (exact) mass is 510 g/mol. The molecule has 2 atom stereocenters. The molecule has 3 amide bonds. The molecule has 0 radical (unpaired) electrons. The smallest absolute Gasteiger partial charge is 0.411 e. The molecule has 0 aliphatic rings. The molecular weight excluding hydrogens is 476 g/mol. The fraction of sp³-hybridized carbons (Fsp3) is 0.333. The number of H-pyrrole nitrogens is 1. The van der Waals surface area contributed by atoms with Gasteiger partial charge >= 0.3 is 12.2 Å². The second-order valence-corrected chi connectivity index (χ2v) is 9.30. The minimum Gasteiger partial charge on any atom is -0.453 e. The SMILES string of the molecule is C=CC[C@H](NC(=O)OC(C)(C)C)c1cc(-c2ccc(NC(=O)OC)cc2NC(=O)C(C)C=C)cc(=O)[nH]1. The van der Waals surface area contributed by atoms with E-state index in [2.05, 4.69) is 38.8 Å². The first-order chi connectivity index (χ1) is 17.4. The number of carbonyl (C=O) groups excluding carboxylic acids is 3. The number of benzene rings is 1. The van der Waals surface area contributed by atoms with Crippen LogP contribution in [0, 0.1) is 5.92 Å². The number of aromatic amines is 1. The summed E-state index contributed by atoms with van der Waals surface area (Å²) in [5, 5.41) is 8.13. The van der Waals surface area contributed by atoms with Gasteiger partial charge in [0, 0.05) is 23.0 Å². The number of anilines is 2. The number of rotatable bonds is 9. The van der Waals surface area contributed by atoms with Crippen molar-refractivity contribution in [1.29, 1.82) is 0 Å². The molecular formula is C27H34N4O6. The third-order valence-corrected chi connectivity index (χ3v) is 5.12. The lowest BCUT2D eigenvalue weighted by Gasteiger charge is -2.23. The number of ether oxygens (including phenoxy) is 2. The summed E-state index contributed by atoms with van der Waals surface area (Å²) in [7, 11) is 1.24. The van der Waals surface area contributed by atoms with E-state index in [4.69, 9.17) is 4.74 Å². The highest BCUT2D eigenvalue weighted by molar-refractivity contribution is 5.99. The highest BCUT2D eigenvalue weighted by Crippen LogP contribution is 2.32. The molecule has 0 bridgehead atoms. The van der Waals surface area contributed by atoms with Gasteiger partial charge in [-0.3, -0.25) is 14.9 Å². The Labute approximate surface area is 216 Å². The van der Waals surface area contributed by atoms with Gasteiger partial charge in [0.2, 0.25) is 11.5 Å². The topological polar surface area (TPSA) is 139 Å². The summed E-state index contributed by atoms with van der Waals surface area (Å²) in [6.07, 6.45) is 2.11. The Morgan fingerprint density at radius 1 is 1.08 bits per heavy atom. The zero-order valence-corrected chi connectivity index (χ0v) is 21.8. The maximum Gasteiger partial charge on any atom is 0.411 e. The summed E-state index contributed by atoms with van der Waals surface area (Å²) in [6, 6.07) is 7.27. The van der Waals surface area contributed by atoms with Gasteiger partial charge in [0.1, 0.15) is 5.60 Å². The maximum atomic E-state index is 12.6. The van der Waals surface area contributed by atoms with Crippen molar-refractivity contribution in [2.75, 3.05) is 17.7 Å². The highest BCUT2D eigenvalue weighted by atomic mass is 16.6. The average molecular weight is 511 g/mol. The molecule has 10 heteroatoms. The first-order valence-electron chi connectivity index (χ1n) is 11.6. The summed E-state index contributed by atoms with van der Waals surface area (Å²) >= 11 is 0. The lowest BCUT2D eigenvalue weighted by molar-refractivity contribution is -0.118. The minimum absolute atomic E-state index is 0.321. The third kappa shape index (κ3) is 8.68. The van der Waals surface area contributed by atoms with Crippen molar-refractivity contribution in [3.63, 3.8) is 0 Å². The number of hydrogen-bond donors (Lipinski definition) is 4. The molecule has 1 unspecified atom stereocenters. The van der Waals surface area contributed by atoms with Gasteiger partial charge in [0.25, 0.3) is 0 Å². The highest BCUT2D eigenvalue weighted by Gasteiger charge is 2.22. The second-order valence-electron chi connectivity index (χ2n) is 9.30. The fourth-order valence-electron chi connectivity index (χ4n) is 3.29. The van der Waals surface area contributed by atoms with Crippen LogP contribution in [0.2, 0.25) is 0 Å². The molecule has 0 saturated carbocycles. The number of nitrogens with one attached hydrogen (secondary N) is 4. The van der Waals surface area contributed by atoms with Crippen LogP contribution in [-0.2, 0) is 14.3 Å². The van der Waals surface area contributed by atoms with Crippen LogP contribution in [0.1, 0.15) is 45.9 Å². The van der Waals surface area contributed by atoms with Crippen molar-refractivity contribution in [3.8, 4) is 11.1 Å². The summed E-state index contributed by atoms with van der Waals surface area (Å²) in [4.78, 5) is 52.2. The zero-order valence-electron chi connectivity index (χ0n) is 21.8. The van der Waals surface area contributed by atoms with Crippen LogP contribution in [0.25, 0.3) is 11.1 Å². The normalized spacial score (nSPS) is 12.5. The summed E-state index contributed by atoms with van der Waals surface area (Å²) in [5.74, 6) is -0.817. The van der Waals surface area contributed by atoms with Gasteiger partial charge in [0.15, 0.2) is 0 Å². The molecule has 0 spiro atoms. The van der Waals surface area contributed by atoms with Crippen LogP contribution in [0.5, 0.6) is 0 Å². The van der Waals surface area contributed by atoms with Crippen molar-refractivity contribution in [2.45, 2.75) is 45.8 Å². The Kier molecular flexibility index (Phi) is 9.82. The van der Waals surface area contributed by atoms with Gasteiger partial charge in [-0.2, -0.15) is 0 Å². The summed E-state index contributed by atoms with van der Waals surface area (Å²) in [6.45, 7) is 14.3. The Morgan fingerprint density at radius 2 is 1.78 bits per heavy atom. The summed E-state index contributed by atoms with van der Waals surface area (Å²) < 4.78 is 9.99. The van der Waals surface area contributed by atoms with E-state index in [0.29, 0.717) is 34.6 Å². The average Bonchev–Trinajstić information content (AvgIpc) is 2.81. The lowest BCUT2D eigenvalue weighted by atomic mass is 10.00. The third-order valence-electron chi connectivity index (χ3n) is 5.12. The van der Waals surface area contributed by atoms with Gasteiger partial charge in [0.05, 0.1) is 24.8 Å². The van der Waals surface area contributed by atoms with Crippen molar-refractivity contribution in [3.05, 3.63) is 71.7 Å². The predicted molar refractivity (Wildman–Crippen MR) is 143 cm³/mol. The number of amides is 3. The van der Waals surface area contributed by atoms with Crippen LogP contribution in [-0.4, -0.2) is 35.8 Å². The second kappa shape index (κ2) is 12.6. The lowest BCUT2D eigenvalue weighted by Crippen LogP contribution is -2.35. The maximum absolute atomic E-state index is 12.6. The largest absolute Gasteiger partial charge is 0.453 e. The molecule has 1 heterocycles. The molecule has 1 aromatic carbocycles. The number of pyridine rings is 1. The van der Waals surface area contributed by atoms with Gasteiger partial charge in [-0.1, -0.05) is 25.1 Å². The standard InChI is InChI=1S/C27H34N4O6/c1-8-10-20(31-26(35)37-27(4,5)6)22-13-17(14-23(32)29-22)19-12-11-18(28-25(34)36-7)15-21(19)30-24(33)16(3)9-2/h8-9,11-16,20H,1-2,10H2,3-7H3,(H,28,34)(H,29,32)(H,30,33)(H,31,35)/t16?,20-/m0/s1. The van der Waals surface area contributed by atoms with E-state index in [1.54, 1.807) is 58.0 Å². The van der Waals surface area contributed by atoms with E-state index in [9.17, 15) is 19.2 Å². The molecule has 0 fully saturated rings. The number of alkyl carbamates (subject to hydrolysis) is 1. The van der Waals surface area contributed by atoms with E-state index >= 15 is 0 Å². The summed E-state index contributed by atoms with van der Waals surface area (Å²) in [5.41, 5.74) is 1.02. The molecule has 37 heavy (non-hydrogen) atoms. The van der Waals surface area contributed by atoms with Crippen LogP contribution >= 0.6 is 0 Å².